The van der Waals surface area contributed by atoms with Gasteiger partial charge in [-0.2, -0.15) is 5.26 Å². The molecule has 2 aromatic rings. The number of amides is 1. The zero-order chi connectivity index (χ0) is 17.2. The van der Waals surface area contributed by atoms with Crippen LogP contribution >= 0.6 is 0 Å². The van der Waals surface area contributed by atoms with Crippen LogP contribution in [0, 0.1) is 11.3 Å². The summed E-state index contributed by atoms with van der Waals surface area (Å²) in [7, 11) is 1.65. The summed E-state index contributed by atoms with van der Waals surface area (Å²) in [5, 5.41) is 14.8. The first kappa shape index (κ1) is 17.5. The molecular formula is C19H21N3O2. The average molecular weight is 323 g/mol. The summed E-state index contributed by atoms with van der Waals surface area (Å²) in [4.78, 5) is 11.8. The molecule has 2 aromatic carbocycles. The van der Waals surface area contributed by atoms with Gasteiger partial charge in [-0.05, 0) is 54.9 Å². The van der Waals surface area contributed by atoms with Crippen LogP contribution < -0.4 is 15.4 Å². The van der Waals surface area contributed by atoms with Gasteiger partial charge in [-0.25, -0.2) is 0 Å². The smallest absolute Gasteiger partial charge is 0.225 e. The fourth-order valence-corrected chi connectivity index (χ4v) is 2.20. The highest BCUT2D eigenvalue weighted by atomic mass is 16.5. The van der Waals surface area contributed by atoms with Crippen molar-refractivity contribution in [2.45, 2.75) is 12.8 Å². The zero-order valence-electron chi connectivity index (χ0n) is 13.7. The quantitative estimate of drug-likeness (QED) is 0.733. The molecule has 2 N–H and O–H groups in total. The van der Waals surface area contributed by atoms with Gasteiger partial charge in [0.2, 0.25) is 5.91 Å². The monoisotopic (exact) mass is 323 g/mol. The van der Waals surface area contributed by atoms with Crippen molar-refractivity contribution in [1.29, 1.82) is 5.26 Å². The van der Waals surface area contributed by atoms with E-state index in [1.54, 1.807) is 31.4 Å². The number of ether oxygens (including phenoxy) is 1. The van der Waals surface area contributed by atoms with Crippen molar-refractivity contribution in [3.8, 4) is 11.8 Å². The maximum atomic E-state index is 11.8. The zero-order valence-corrected chi connectivity index (χ0v) is 13.7. The molecule has 0 bridgehead atoms. The van der Waals surface area contributed by atoms with Gasteiger partial charge >= 0.3 is 0 Å². The number of benzene rings is 2. The molecule has 0 aliphatic carbocycles. The van der Waals surface area contributed by atoms with E-state index in [1.807, 2.05) is 30.3 Å². The van der Waals surface area contributed by atoms with Gasteiger partial charge in [0.15, 0.2) is 0 Å². The van der Waals surface area contributed by atoms with Crippen molar-refractivity contribution in [3.63, 3.8) is 0 Å². The summed E-state index contributed by atoms with van der Waals surface area (Å²) in [6.45, 7) is 1.44. The number of carbonyl (C=O) groups is 1. The van der Waals surface area contributed by atoms with Crippen LogP contribution in [0.4, 0.5) is 5.69 Å². The van der Waals surface area contributed by atoms with Gasteiger partial charge < -0.3 is 15.4 Å². The first-order chi connectivity index (χ1) is 11.7. The van der Waals surface area contributed by atoms with Crippen molar-refractivity contribution in [2.75, 3.05) is 25.5 Å². The Balaban J connectivity index is 1.62. The molecule has 0 radical (unpaired) electrons. The van der Waals surface area contributed by atoms with E-state index < -0.39 is 0 Å². The molecule has 0 fully saturated rings. The van der Waals surface area contributed by atoms with Crippen molar-refractivity contribution in [2.24, 2.45) is 0 Å². The molecule has 0 heterocycles. The fraction of sp³-hybridized carbons (Fsp3) is 0.263. The van der Waals surface area contributed by atoms with E-state index in [2.05, 4.69) is 10.6 Å². The van der Waals surface area contributed by atoms with Crippen LogP contribution in [0.25, 0.3) is 0 Å². The van der Waals surface area contributed by atoms with Gasteiger partial charge in [0.05, 0.1) is 18.7 Å². The highest BCUT2D eigenvalue weighted by Gasteiger charge is 2.02. The standard InChI is InChI=1S/C19H21N3O2/c1-24-18-8-4-15(5-9-18)10-12-21-13-11-19(23)22-17-6-2-16(14-20)3-7-17/h2-9,21H,10-13H2,1H3,(H,22,23). The van der Waals surface area contributed by atoms with Gasteiger partial charge in [0, 0.05) is 18.7 Å². The van der Waals surface area contributed by atoms with Crippen molar-refractivity contribution < 1.29 is 9.53 Å². The Kier molecular flexibility index (Phi) is 6.81. The number of nitriles is 1. The van der Waals surface area contributed by atoms with Gasteiger partial charge in [0.1, 0.15) is 5.75 Å². The van der Waals surface area contributed by atoms with Crippen molar-refractivity contribution in [1.82, 2.24) is 5.32 Å². The third-order valence-electron chi connectivity index (χ3n) is 3.58. The molecule has 24 heavy (non-hydrogen) atoms. The van der Waals surface area contributed by atoms with Crippen LogP contribution in [0.3, 0.4) is 0 Å². The topological polar surface area (TPSA) is 74.2 Å². The third kappa shape index (κ3) is 5.75. The Bertz CT molecular complexity index is 688. The first-order valence-electron chi connectivity index (χ1n) is 7.85. The summed E-state index contributed by atoms with van der Waals surface area (Å²) in [6, 6.07) is 16.8. The average Bonchev–Trinajstić information content (AvgIpc) is 2.62. The highest BCUT2D eigenvalue weighted by molar-refractivity contribution is 5.90. The normalized spacial score (nSPS) is 10.0. The molecule has 0 saturated heterocycles. The first-order valence-corrected chi connectivity index (χ1v) is 7.85. The fourth-order valence-electron chi connectivity index (χ4n) is 2.20. The Morgan fingerprint density at radius 1 is 1.08 bits per heavy atom. The molecule has 1 amide bonds. The molecule has 0 aliphatic rings. The summed E-state index contributed by atoms with van der Waals surface area (Å²) in [5.74, 6) is 0.808. The second kappa shape index (κ2) is 9.33. The summed E-state index contributed by atoms with van der Waals surface area (Å²) in [6.07, 6.45) is 1.31. The van der Waals surface area contributed by atoms with E-state index in [0.29, 0.717) is 24.2 Å². The number of anilines is 1. The SMILES string of the molecule is COc1ccc(CCNCCC(=O)Nc2ccc(C#N)cc2)cc1. The second-order valence-corrected chi connectivity index (χ2v) is 5.34. The molecule has 0 saturated carbocycles. The summed E-state index contributed by atoms with van der Waals surface area (Å²) in [5.41, 5.74) is 2.51. The predicted molar refractivity (Wildman–Crippen MR) is 94.0 cm³/mol. The molecule has 2 rings (SSSR count). The lowest BCUT2D eigenvalue weighted by Gasteiger charge is -2.07. The van der Waals surface area contributed by atoms with E-state index in [9.17, 15) is 4.79 Å². The van der Waals surface area contributed by atoms with Gasteiger partial charge in [-0.3, -0.25) is 4.79 Å². The van der Waals surface area contributed by atoms with Gasteiger partial charge in [-0.15, -0.1) is 0 Å². The Morgan fingerprint density at radius 2 is 1.79 bits per heavy atom. The minimum atomic E-state index is -0.0448. The number of nitrogens with one attached hydrogen (secondary N) is 2. The van der Waals surface area contributed by atoms with Crippen LogP contribution in [0.5, 0.6) is 5.75 Å². The van der Waals surface area contributed by atoms with Crippen LogP contribution in [-0.4, -0.2) is 26.1 Å². The molecule has 0 aromatic heterocycles. The largest absolute Gasteiger partial charge is 0.497 e. The number of hydrogen-bond donors (Lipinski definition) is 2. The van der Waals surface area contributed by atoms with Crippen molar-refractivity contribution >= 4 is 11.6 Å². The van der Waals surface area contributed by atoms with Crippen LogP contribution in [0.1, 0.15) is 17.5 Å². The molecule has 124 valence electrons. The lowest BCUT2D eigenvalue weighted by Crippen LogP contribution is -2.23. The molecular weight excluding hydrogens is 302 g/mol. The van der Waals surface area contributed by atoms with Crippen molar-refractivity contribution in [3.05, 3.63) is 59.7 Å². The number of nitrogens with zero attached hydrogens (tertiary/aromatic N) is 1. The van der Waals surface area contributed by atoms with E-state index in [4.69, 9.17) is 10.00 Å². The van der Waals surface area contributed by atoms with Gasteiger partial charge in [0.25, 0.3) is 0 Å². The summed E-state index contributed by atoms with van der Waals surface area (Å²) >= 11 is 0. The van der Waals surface area contributed by atoms with Crippen LogP contribution in [0.2, 0.25) is 0 Å². The molecule has 0 aliphatic heterocycles. The molecule has 0 unspecified atom stereocenters. The lowest BCUT2D eigenvalue weighted by atomic mass is 10.1. The van der Waals surface area contributed by atoms with E-state index in [1.165, 1.54) is 5.56 Å². The third-order valence-corrected chi connectivity index (χ3v) is 3.58. The van der Waals surface area contributed by atoms with Crippen LogP contribution in [0.15, 0.2) is 48.5 Å². The Morgan fingerprint density at radius 3 is 2.42 bits per heavy atom. The van der Waals surface area contributed by atoms with E-state index >= 15 is 0 Å². The number of carbonyl (C=O) groups excluding carboxylic acids is 1. The molecule has 0 spiro atoms. The lowest BCUT2D eigenvalue weighted by molar-refractivity contribution is -0.116. The number of rotatable bonds is 8. The minimum Gasteiger partial charge on any atom is -0.497 e. The van der Waals surface area contributed by atoms with Crippen LogP contribution in [-0.2, 0) is 11.2 Å². The predicted octanol–water partition coefficient (Wildman–Crippen LogP) is 2.73. The highest BCUT2D eigenvalue weighted by Crippen LogP contribution is 2.11. The molecule has 0 atom stereocenters. The molecule has 5 nitrogen and oxygen atoms in total. The summed E-state index contributed by atoms with van der Waals surface area (Å²) < 4.78 is 5.12. The Labute approximate surface area is 142 Å². The minimum absolute atomic E-state index is 0.0448. The van der Waals surface area contributed by atoms with E-state index in [0.717, 1.165) is 18.7 Å². The number of methoxy groups -OCH3 is 1. The van der Waals surface area contributed by atoms with E-state index in [-0.39, 0.29) is 5.91 Å². The maximum absolute atomic E-state index is 11.8. The Hall–Kier alpha value is -2.84. The number of hydrogen-bond acceptors (Lipinski definition) is 4. The second-order valence-electron chi connectivity index (χ2n) is 5.34. The molecule has 5 heteroatoms. The maximum Gasteiger partial charge on any atom is 0.225 e. The van der Waals surface area contributed by atoms with Gasteiger partial charge in [-0.1, -0.05) is 12.1 Å².